The fraction of sp³-hybridized carbons (Fsp3) is 0.909. The number of rotatable bonds is 4. The molecule has 0 saturated heterocycles. The molecule has 16 heavy (non-hydrogen) atoms. The molecule has 2 atom stereocenters. The molecule has 0 aromatic carbocycles. The van der Waals surface area contributed by atoms with Crippen LogP contribution in [0.5, 0.6) is 0 Å². The molecule has 94 valence electrons. The van der Waals surface area contributed by atoms with Crippen LogP contribution in [0.4, 0.5) is 4.79 Å². The molecule has 1 fully saturated rings. The molecule has 5 heteroatoms. The van der Waals surface area contributed by atoms with Crippen LogP contribution in [0.1, 0.15) is 20.3 Å². The number of hydrogen-bond acceptors (Lipinski definition) is 3. The minimum atomic E-state index is -0.207. The average molecular weight is 229 g/mol. The van der Waals surface area contributed by atoms with E-state index < -0.39 is 0 Å². The molecule has 0 spiro atoms. The number of amides is 2. The Bertz CT molecular complexity index is 254. The Morgan fingerprint density at radius 1 is 1.44 bits per heavy atom. The molecular formula is C11H23N3O2. The molecule has 1 aliphatic carbocycles. The number of carbonyl (C=O) groups excluding carboxylic acids is 1. The molecule has 1 saturated carbocycles. The molecule has 3 N–H and O–H groups in total. The third-order valence-electron chi connectivity index (χ3n) is 3.41. The second-order valence-electron chi connectivity index (χ2n) is 5.21. The van der Waals surface area contributed by atoms with Crippen LogP contribution in [0.3, 0.4) is 0 Å². The van der Waals surface area contributed by atoms with Crippen LogP contribution in [0.25, 0.3) is 0 Å². The fourth-order valence-corrected chi connectivity index (χ4v) is 1.82. The summed E-state index contributed by atoms with van der Waals surface area (Å²) in [6, 6.07) is 0.272. The summed E-state index contributed by atoms with van der Waals surface area (Å²) in [7, 11) is 3.43. The summed E-state index contributed by atoms with van der Waals surface area (Å²) >= 11 is 0. The van der Waals surface area contributed by atoms with Crippen molar-refractivity contribution >= 4 is 6.03 Å². The van der Waals surface area contributed by atoms with Crippen molar-refractivity contribution in [3.63, 3.8) is 0 Å². The first-order valence-electron chi connectivity index (χ1n) is 5.72. The minimum Gasteiger partial charge on any atom is -0.392 e. The standard InChI is InChI=1S/C11H23N3O2/c1-11(2)8(7-9(11)15)12-5-6-13-10(16)14(3)4/h8-9,12,15H,5-7H2,1-4H3,(H,13,16). The Labute approximate surface area is 97.2 Å². The third kappa shape index (κ3) is 2.86. The first-order chi connectivity index (χ1) is 7.35. The Balaban J connectivity index is 2.11. The van der Waals surface area contributed by atoms with Crippen molar-refractivity contribution in [3.05, 3.63) is 0 Å². The van der Waals surface area contributed by atoms with Crippen molar-refractivity contribution in [2.75, 3.05) is 27.2 Å². The predicted molar refractivity (Wildman–Crippen MR) is 63.3 cm³/mol. The van der Waals surface area contributed by atoms with Gasteiger partial charge >= 0.3 is 6.03 Å². The lowest BCUT2D eigenvalue weighted by Gasteiger charge is -2.49. The second kappa shape index (κ2) is 5.01. The summed E-state index contributed by atoms with van der Waals surface area (Å²) in [6.07, 6.45) is 0.593. The van der Waals surface area contributed by atoms with E-state index in [1.807, 2.05) is 0 Å². The van der Waals surface area contributed by atoms with E-state index in [-0.39, 0.29) is 17.6 Å². The molecule has 2 amide bonds. The van der Waals surface area contributed by atoms with Gasteiger partial charge in [0.15, 0.2) is 0 Å². The number of urea groups is 1. The lowest BCUT2D eigenvalue weighted by molar-refractivity contribution is -0.0720. The molecule has 0 aromatic heterocycles. The Morgan fingerprint density at radius 2 is 2.06 bits per heavy atom. The number of carbonyl (C=O) groups is 1. The van der Waals surface area contributed by atoms with Gasteiger partial charge in [-0.15, -0.1) is 0 Å². The fourth-order valence-electron chi connectivity index (χ4n) is 1.82. The molecular weight excluding hydrogens is 206 g/mol. The first kappa shape index (κ1) is 13.3. The van der Waals surface area contributed by atoms with Gasteiger partial charge in [0.25, 0.3) is 0 Å². The Hall–Kier alpha value is -0.810. The van der Waals surface area contributed by atoms with Gasteiger partial charge in [-0.05, 0) is 6.42 Å². The summed E-state index contributed by atoms with van der Waals surface area (Å²) in [4.78, 5) is 12.7. The number of hydrogen-bond donors (Lipinski definition) is 3. The number of aliphatic hydroxyl groups excluding tert-OH is 1. The van der Waals surface area contributed by atoms with Crippen molar-refractivity contribution in [1.82, 2.24) is 15.5 Å². The molecule has 0 aliphatic heterocycles. The molecule has 2 unspecified atom stereocenters. The zero-order valence-electron chi connectivity index (χ0n) is 10.6. The zero-order chi connectivity index (χ0) is 12.3. The summed E-state index contributed by atoms with van der Waals surface area (Å²) in [5.41, 5.74) is -0.0500. The number of nitrogens with zero attached hydrogens (tertiary/aromatic N) is 1. The molecule has 0 aromatic rings. The SMILES string of the molecule is CN(C)C(=O)NCCNC1CC(O)C1(C)C. The van der Waals surface area contributed by atoms with E-state index in [2.05, 4.69) is 24.5 Å². The maximum atomic E-state index is 11.2. The van der Waals surface area contributed by atoms with Crippen molar-refractivity contribution in [2.24, 2.45) is 5.41 Å². The van der Waals surface area contributed by atoms with Crippen LogP contribution in [-0.2, 0) is 0 Å². The molecule has 0 radical (unpaired) electrons. The topological polar surface area (TPSA) is 64.6 Å². The summed E-state index contributed by atoms with van der Waals surface area (Å²) in [5, 5.41) is 15.7. The lowest BCUT2D eigenvalue weighted by Crippen LogP contribution is -2.60. The highest BCUT2D eigenvalue weighted by atomic mass is 16.3. The van der Waals surface area contributed by atoms with E-state index in [1.165, 1.54) is 4.90 Å². The van der Waals surface area contributed by atoms with E-state index >= 15 is 0 Å². The van der Waals surface area contributed by atoms with Gasteiger partial charge in [-0.2, -0.15) is 0 Å². The average Bonchev–Trinajstić information content (AvgIpc) is 2.21. The van der Waals surface area contributed by atoms with Gasteiger partial charge < -0.3 is 20.6 Å². The van der Waals surface area contributed by atoms with Crippen LogP contribution in [0.2, 0.25) is 0 Å². The van der Waals surface area contributed by atoms with Gasteiger partial charge in [-0.3, -0.25) is 0 Å². The second-order valence-corrected chi connectivity index (χ2v) is 5.21. The Morgan fingerprint density at radius 3 is 2.50 bits per heavy atom. The summed E-state index contributed by atoms with van der Waals surface area (Å²) < 4.78 is 0. The van der Waals surface area contributed by atoms with Gasteiger partial charge in [0.1, 0.15) is 0 Å². The highest BCUT2D eigenvalue weighted by Crippen LogP contribution is 2.40. The van der Waals surface area contributed by atoms with E-state index in [4.69, 9.17) is 0 Å². The predicted octanol–water partition coefficient (Wildman–Crippen LogP) is 0.00660. The van der Waals surface area contributed by atoms with Crippen LogP contribution in [0, 0.1) is 5.41 Å². The van der Waals surface area contributed by atoms with Crippen LogP contribution < -0.4 is 10.6 Å². The first-order valence-corrected chi connectivity index (χ1v) is 5.72. The zero-order valence-corrected chi connectivity index (χ0v) is 10.6. The highest BCUT2D eigenvalue weighted by Gasteiger charge is 2.46. The highest BCUT2D eigenvalue weighted by molar-refractivity contribution is 5.73. The largest absolute Gasteiger partial charge is 0.392 e. The van der Waals surface area contributed by atoms with E-state index in [1.54, 1.807) is 14.1 Å². The maximum absolute atomic E-state index is 11.2. The van der Waals surface area contributed by atoms with Crippen LogP contribution in [-0.4, -0.2) is 55.4 Å². The third-order valence-corrected chi connectivity index (χ3v) is 3.41. The minimum absolute atomic E-state index is 0.0500. The number of nitrogens with one attached hydrogen (secondary N) is 2. The summed E-state index contributed by atoms with van der Waals surface area (Å²) in [6.45, 7) is 5.45. The quantitative estimate of drug-likeness (QED) is 0.595. The van der Waals surface area contributed by atoms with E-state index in [0.717, 1.165) is 13.0 Å². The van der Waals surface area contributed by atoms with Crippen LogP contribution in [0.15, 0.2) is 0 Å². The molecule has 1 rings (SSSR count). The smallest absolute Gasteiger partial charge is 0.316 e. The summed E-state index contributed by atoms with van der Waals surface area (Å²) in [5.74, 6) is 0. The monoisotopic (exact) mass is 229 g/mol. The van der Waals surface area contributed by atoms with Crippen molar-refractivity contribution in [2.45, 2.75) is 32.4 Å². The van der Waals surface area contributed by atoms with Crippen molar-refractivity contribution in [3.8, 4) is 0 Å². The van der Waals surface area contributed by atoms with Crippen molar-refractivity contribution < 1.29 is 9.90 Å². The maximum Gasteiger partial charge on any atom is 0.316 e. The molecule has 5 nitrogen and oxygen atoms in total. The normalized spacial score (nSPS) is 27.1. The van der Waals surface area contributed by atoms with E-state index in [0.29, 0.717) is 12.6 Å². The molecule has 0 bridgehead atoms. The molecule has 0 heterocycles. The van der Waals surface area contributed by atoms with Crippen LogP contribution >= 0.6 is 0 Å². The van der Waals surface area contributed by atoms with E-state index in [9.17, 15) is 9.90 Å². The van der Waals surface area contributed by atoms with Gasteiger partial charge in [0.05, 0.1) is 6.10 Å². The molecule has 1 aliphatic rings. The van der Waals surface area contributed by atoms with Crippen molar-refractivity contribution in [1.29, 1.82) is 0 Å². The van der Waals surface area contributed by atoms with Gasteiger partial charge in [-0.25, -0.2) is 4.79 Å². The number of aliphatic hydroxyl groups is 1. The van der Waals surface area contributed by atoms with Gasteiger partial charge in [-0.1, -0.05) is 13.8 Å². The van der Waals surface area contributed by atoms with Gasteiger partial charge in [0, 0.05) is 38.6 Å². The van der Waals surface area contributed by atoms with Gasteiger partial charge in [0.2, 0.25) is 0 Å². The Kier molecular flexibility index (Phi) is 4.15. The lowest BCUT2D eigenvalue weighted by atomic mass is 9.64.